The van der Waals surface area contributed by atoms with Crippen LogP contribution in [0.3, 0.4) is 0 Å². The lowest BCUT2D eigenvalue weighted by molar-refractivity contribution is -0.115. The van der Waals surface area contributed by atoms with Crippen LogP contribution >= 0.6 is 11.6 Å². The van der Waals surface area contributed by atoms with Gasteiger partial charge in [0.25, 0.3) is 0 Å². The van der Waals surface area contributed by atoms with E-state index in [0.717, 1.165) is 0 Å². The van der Waals surface area contributed by atoms with Crippen LogP contribution in [0.1, 0.15) is 21.5 Å². The number of ether oxygens (including phenoxy) is 2. The van der Waals surface area contributed by atoms with Crippen molar-refractivity contribution in [2.75, 3.05) is 19.5 Å². The largest absolute Gasteiger partial charge is 0.497 e. The SMILES string of the molecule is COC(=O)c1ccc(Cl)cc1NC(=O)Cc1c(C)c2ccc(OC)cc2oc1=O. The third kappa shape index (κ3) is 4.25. The van der Waals surface area contributed by atoms with Crippen molar-refractivity contribution in [1.29, 1.82) is 0 Å². The summed E-state index contributed by atoms with van der Waals surface area (Å²) in [5.74, 6) is -0.560. The molecule has 0 saturated carbocycles. The number of fused-ring (bicyclic) bond motifs is 1. The molecule has 0 aliphatic heterocycles. The number of carbonyl (C=O) groups excluding carboxylic acids is 2. The van der Waals surface area contributed by atoms with Crippen molar-refractivity contribution < 1.29 is 23.5 Å². The topological polar surface area (TPSA) is 94.8 Å². The Kier molecular flexibility index (Phi) is 5.89. The maximum absolute atomic E-state index is 12.6. The zero-order valence-electron chi connectivity index (χ0n) is 16.0. The van der Waals surface area contributed by atoms with Crippen molar-refractivity contribution in [2.24, 2.45) is 0 Å². The van der Waals surface area contributed by atoms with Gasteiger partial charge in [-0.1, -0.05) is 11.6 Å². The van der Waals surface area contributed by atoms with Crippen molar-refractivity contribution in [3.8, 4) is 5.75 Å². The molecule has 3 aromatic rings. The maximum atomic E-state index is 12.6. The number of aryl methyl sites for hydroxylation is 1. The highest BCUT2D eigenvalue weighted by Gasteiger charge is 2.18. The highest BCUT2D eigenvalue weighted by molar-refractivity contribution is 6.31. The van der Waals surface area contributed by atoms with E-state index >= 15 is 0 Å². The molecule has 1 heterocycles. The molecule has 0 radical (unpaired) electrons. The second-order valence-corrected chi connectivity index (χ2v) is 6.70. The van der Waals surface area contributed by atoms with E-state index in [-0.39, 0.29) is 23.2 Å². The Balaban J connectivity index is 1.92. The van der Waals surface area contributed by atoms with Crippen LogP contribution in [0.15, 0.2) is 45.6 Å². The van der Waals surface area contributed by atoms with Gasteiger partial charge in [0, 0.05) is 16.5 Å². The summed E-state index contributed by atoms with van der Waals surface area (Å²) < 4.78 is 15.2. The third-order valence-electron chi connectivity index (χ3n) is 4.49. The van der Waals surface area contributed by atoms with Crippen LogP contribution < -0.4 is 15.7 Å². The number of methoxy groups -OCH3 is 2. The van der Waals surface area contributed by atoms with Gasteiger partial charge in [-0.05, 0) is 42.8 Å². The van der Waals surface area contributed by atoms with Gasteiger partial charge in [0.1, 0.15) is 11.3 Å². The van der Waals surface area contributed by atoms with Crippen LogP contribution in [0.5, 0.6) is 5.75 Å². The first-order valence-electron chi connectivity index (χ1n) is 8.62. The second-order valence-electron chi connectivity index (χ2n) is 6.26. The fourth-order valence-corrected chi connectivity index (χ4v) is 3.14. The number of hydrogen-bond acceptors (Lipinski definition) is 6. The molecule has 3 rings (SSSR count). The van der Waals surface area contributed by atoms with Crippen LogP contribution in [0.4, 0.5) is 5.69 Å². The molecule has 0 bridgehead atoms. The summed E-state index contributed by atoms with van der Waals surface area (Å²) in [6.45, 7) is 1.74. The predicted molar refractivity (Wildman–Crippen MR) is 109 cm³/mol. The first-order valence-corrected chi connectivity index (χ1v) is 9.00. The Labute approximate surface area is 171 Å². The minimum Gasteiger partial charge on any atom is -0.497 e. The minimum atomic E-state index is -0.618. The maximum Gasteiger partial charge on any atom is 0.340 e. The molecule has 29 heavy (non-hydrogen) atoms. The average molecular weight is 416 g/mol. The molecule has 2 aromatic carbocycles. The van der Waals surface area contributed by atoms with Crippen molar-refractivity contribution in [3.63, 3.8) is 0 Å². The molecule has 1 aromatic heterocycles. The Bertz CT molecular complexity index is 1170. The number of carbonyl (C=O) groups is 2. The molecule has 0 spiro atoms. The molecule has 0 unspecified atom stereocenters. The van der Waals surface area contributed by atoms with Crippen LogP contribution in [0.25, 0.3) is 11.0 Å². The molecule has 8 heteroatoms. The molecule has 0 saturated heterocycles. The standard InChI is InChI=1S/C21H18ClNO6/c1-11-14-7-5-13(27-2)9-18(14)29-21(26)16(11)10-19(24)23-17-8-12(22)4-6-15(17)20(25)28-3/h4-9H,10H2,1-3H3,(H,23,24). The number of halogens is 1. The second kappa shape index (κ2) is 8.36. The Hall–Kier alpha value is -3.32. The van der Waals surface area contributed by atoms with Gasteiger partial charge < -0.3 is 19.2 Å². The fraction of sp³-hybridized carbons (Fsp3) is 0.190. The fourth-order valence-electron chi connectivity index (χ4n) is 2.97. The van der Waals surface area contributed by atoms with E-state index in [1.165, 1.54) is 32.4 Å². The lowest BCUT2D eigenvalue weighted by Crippen LogP contribution is -2.22. The number of anilines is 1. The Morgan fingerprint density at radius 3 is 2.59 bits per heavy atom. The molecule has 150 valence electrons. The number of amides is 1. The van der Waals surface area contributed by atoms with Gasteiger partial charge in [-0.3, -0.25) is 4.79 Å². The normalized spacial score (nSPS) is 10.6. The third-order valence-corrected chi connectivity index (χ3v) is 4.73. The van der Waals surface area contributed by atoms with Gasteiger partial charge in [0.15, 0.2) is 0 Å². The monoisotopic (exact) mass is 415 g/mol. The van der Waals surface area contributed by atoms with E-state index < -0.39 is 17.5 Å². The van der Waals surface area contributed by atoms with Gasteiger partial charge in [-0.15, -0.1) is 0 Å². The average Bonchev–Trinajstić information content (AvgIpc) is 2.70. The number of benzene rings is 2. The van der Waals surface area contributed by atoms with Crippen LogP contribution in [-0.2, 0) is 16.0 Å². The first-order chi connectivity index (χ1) is 13.8. The number of esters is 1. The molecule has 1 N–H and O–H groups in total. The van der Waals surface area contributed by atoms with E-state index in [1.807, 2.05) is 0 Å². The van der Waals surface area contributed by atoms with Crippen LogP contribution in [0.2, 0.25) is 5.02 Å². The highest BCUT2D eigenvalue weighted by Crippen LogP contribution is 2.25. The number of nitrogens with one attached hydrogen (secondary N) is 1. The summed E-state index contributed by atoms with van der Waals surface area (Å²) in [5.41, 5.74) is 0.966. The molecule has 1 amide bonds. The Morgan fingerprint density at radius 1 is 1.14 bits per heavy atom. The smallest absolute Gasteiger partial charge is 0.340 e. The van der Waals surface area contributed by atoms with E-state index in [4.69, 9.17) is 25.5 Å². The van der Waals surface area contributed by atoms with Gasteiger partial charge in [0.05, 0.1) is 37.5 Å². The van der Waals surface area contributed by atoms with Crippen molar-refractivity contribution in [2.45, 2.75) is 13.3 Å². The van der Waals surface area contributed by atoms with Crippen molar-refractivity contribution >= 4 is 40.1 Å². The zero-order valence-corrected chi connectivity index (χ0v) is 16.8. The van der Waals surface area contributed by atoms with E-state index in [2.05, 4.69) is 5.32 Å². The summed E-state index contributed by atoms with van der Waals surface area (Å²) in [4.78, 5) is 36.9. The van der Waals surface area contributed by atoms with E-state index in [0.29, 0.717) is 27.3 Å². The zero-order chi connectivity index (χ0) is 21.1. The van der Waals surface area contributed by atoms with Gasteiger partial charge in [-0.25, -0.2) is 9.59 Å². The molecular weight excluding hydrogens is 398 g/mol. The van der Waals surface area contributed by atoms with Crippen LogP contribution in [0, 0.1) is 6.92 Å². The van der Waals surface area contributed by atoms with E-state index in [9.17, 15) is 14.4 Å². The molecule has 0 aliphatic rings. The number of hydrogen-bond donors (Lipinski definition) is 1. The quantitative estimate of drug-likeness (QED) is 0.504. The first kappa shape index (κ1) is 20.4. The van der Waals surface area contributed by atoms with Crippen molar-refractivity contribution in [1.82, 2.24) is 0 Å². The molecular formula is C21H18ClNO6. The summed E-state index contributed by atoms with van der Waals surface area (Å²) in [6.07, 6.45) is -0.233. The molecule has 0 fully saturated rings. The van der Waals surface area contributed by atoms with Gasteiger partial charge in [-0.2, -0.15) is 0 Å². The van der Waals surface area contributed by atoms with Crippen molar-refractivity contribution in [3.05, 3.63) is 68.5 Å². The number of rotatable bonds is 5. The van der Waals surface area contributed by atoms with E-state index in [1.54, 1.807) is 25.1 Å². The molecule has 7 nitrogen and oxygen atoms in total. The summed E-state index contributed by atoms with van der Waals surface area (Å²) in [6, 6.07) is 9.52. The lowest BCUT2D eigenvalue weighted by atomic mass is 10.0. The summed E-state index contributed by atoms with van der Waals surface area (Å²) in [5, 5.41) is 3.65. The van der Waals surface area contributed by atoms with Gasteiger partial charge >= 0.3 is 11.6 Å². The summed E-state index contributed by atoms with van der Waals surface area (Å²) >= 11 is 5.97. The Morgan fingerprint density at radius 2 is 1.90 bits per heavy atom. The van der Waals surface area contributed by atoms with Crippen LogP contribution in [-0.4, -0.2) is 26.1 Å². The summed E-state index contributed by atoms with van der Waals surface area (Å²) in [7, 11) is 2.75. The molecule has 0 aliphatic carbocycles. The minimum absolute atomic E-state index is 0.152. The highest BCUT2D eigenvalue weighted by atomic mass is 35.5. The molecule has 0 atom stereocenters. The van der Waals surface area contributed by atoms with Gasteiger partial charge in [0.2, 0.25) is 5.91 Å². The predicted octanol–water partition coefficient (Wildman–Crippen LogP) is 3.73. The lowest BCUT2D eigenvalue weighted by Gasteiger charge is -2.12.